The van der Waals surface area contributed by atoms with Crippen molar-refractivity contribution in [2.45, 2.75) is 46.0 Å². The zero-order chi connectivity index (χ0) is 19.5. The number of ether oxygens (including phenoxy) is 2. The molecule has 0 heterocycles. The minimum atomic E-state index is -0.801. The Kier molecular flexibility index (Phi) is 8.97. The lowest BCUT2D eigenvalue weighted by atomic mass is 10.1. The molecular formula is C18H27N3O5. The van der Waals surface area contributed by atoms with E-state index < -0.39 is 30.3 Å². The SMILES string of the molecule is COC(=O)[C@H](C)NC(=O)N[C@H](CC(C)C)NC(=O)OCc1ccccc1. The van der Waals surface area contributed by atoms with E-state index in [2.05, 4.69) is 20.7 Å². The number of alkyl carbamates (subject to hydrolysis) is 1. The van der Waals surface area contributed by atoms with Crippen LogP contribution in [0.5, 0.6) is 0 Å². The summed E-state index contributed by atoms with van der Waals surface area (Å²) < 4.78 is 9.71. The Morgan fingerprint density at radius 3 is 2.23 bits per heavy atom. The van der Waals surface area contributed by atoms with Crippen LogP contribution in [0.1, 0.15) is 32.8 Å². The molecule has 0 aromatic heterocycles. The third-order valence-corrected chi connectivity index (χ3v) is 3.42. The van der Waals surface area contributed by atoms with Crippen LogP contribution in [0.15, 0.2) is 30.3 Å². The lowest BCUT2D eigenvalue weighted by Crippen LogP contribution is -2.54. The Labute approximate surface area is 153 Å². The minimum Gasteiger partial charge on any atom is -0.467 e. The summed E-state index contributed by atoms with van der Waals surface area (Å²) in [5.74, 6) is -0.344. The first-order valence-corrected chi connectivity index (χ1v) is 8.44. The first kappa shape index (κ1) is 21.3. The molecule has 3 amide bonds. The second-order valence-electron chi connectivity index (χ2n) is 6.25. The maximum atomic E-state index is 12.0. The fourth-order valence-electron chi connectivity index (χ4n) is 2.16. The Balaban J connectivity index is 2.52. The fraction of sp³-hybridized carbons (Fsp3) is 0.500. The molecule has 1 aromatic rings. The molecule has 2 atom stereocenters. The van der Waals surface area contributed by atoms with E-state index in [9.17, 15) is 14.4 Å². The predicted octanol–water partition coefficient (Wildman–Crippen LogP) is 2.15. The van der Waals surface area contributed by atoms with Gasteiger partial charge in [0.1, 0.15) is 18.8 Å². The molecule has 0 aliphatic rings. The van der Waals surface area contributed by atoms with Gasteiger partial charge in [-0.2, -0.15) is 0 Å². The predicted molar refractivity (Wildman–Crippen MR) is 96.2 cm³/mol. The Morgan fingerprint density at radius 2 is 1.65 bits per heavy atom. The van der Waals surface area contributed by atoms with Gasteiger partial charge in [-0.05, 0) is 24.8 Å². The fourth-order valence-corrected chi connectivity index (χ4v) is 2.16. The molecule has 0 spiro atoms. The van der Waals surface area contributed by atoms with Gasteiger partial charge in [0, 0.05) is 0 Å². The maximum absolute atomic E-state index is 12.0. The molecule has 26 heavy (non-hydrogen) atoms. The first-order chi connectivity index (χ1) is 12.3. The molecule has 3 N–H and O–H groups in total. The van der Waals surface area contributed by atoms with Gasteiger partial charge in [0.25, 0.3) is 0 Å². The number of carbonyl (C=O) groups is 3. The summed E-state index contributed by atoms with van der Waals surface area (Å²) in [6.07, 6.45) is -0.774. The van der Waals surface area contributed by atoms with Crippen LogP contribution in [0, 0.1) is 5.92 Å². The second-order valence-corrected chi connectivity index (χ2v) is 6.25. The van der Waals surface area contributed by atoms with Gasteiger partial charge in [0.15, 0.2) is 0 Å². The van der Waals surface area contributed by atoms with Gasteiger partial charge in [-0.3, -0.25) is 0 Å². The van der Waals surface area contributed by atoms with Crippen LogP contribution in [0.2, 0.25) is 0 Å². The van der Waals surface area contributed by atoms with Crippen molar-refractivity contribution >= 4 is 18.1 Å². The van der Waals surface area contributed by atoms with Crippen molar-refractivity contribution < 1.29 is 23.9 Å². The van der Waals surface area contributed by atoms with Crippen molar-refractivity contribution in [1.82, 2.24) is 16.0 Å². The van der Waals surface area contributed by atoms with Gasteiger partial charge in [0.2, 0.25) is 0 Å². The third-order valence-electron chi connectivity index (χ3n) is 3.42. The maximum Gasteiger partial charge on any atom is 0.409 e. The smallest absolute Gasteiger partial charge is 0.409 e. The summed E-state index contributed by atoms with van der Waals surface area (Å²) in [4.78, 5) is 35.3. The van der Waals surface area contributed by atoms with Crippen molar-refractivity contribution in [3.8, 4) is 0 Å². The molecule has 0 saturated heterocycles. The molecule has 0 aliphatic carbocycles. The lowest BCUT2D eigenvalue weighted by Gasteiger charge is -2.22. The number of esters is 1. The highest BCUT2D eigenvalue weighted by atomic mass is 16.5. The van der Waals surface area contributed by atoms with Gasteiger partial charge in [-0.1, -0.05) is 44.2 Å². The number of methoxy groups -OCH3 is 1. The first-order valence-electron chi connectivity index (χ1n) is 8.44. The van der Waals surface area contributed by atoms with E-state index in [1.54, 1.807) is 0 Å². The van der Waals surface area contributed by atoms with Crippen molar-refractivity contribution in [1.29, 1.82) is 0 Å². The summed E-state index contributed by atoms with van der Waals surface area (Å²) >= 11 is 0. The van der Waals surface area contributed by atoms with E-state index in [0.717, 1.165) is 5.56 Å². The molecule has 0 radical (unpaired) electrons. The summed E-state index contributed by atoms with van der Waals surface area (Å²) in [5.41, 5.74) is 0.862. The molecule has 1 aromatic carbocycles. The van der Waals surface area contributed by atoms with Gasteiger partial charge in [-0.15, -0.1) is 0 Å². The van der Waals surface area contributed by atoms with E-state index in [1.807, 2.05) is 44.2 Å². The highest BCUT2D eigenvalue weighted by Crippen LogP contribution is 2.04. The van der Waals surface area contributed by atoms with Gasteiger partial charge in [-0.25, -0.2) is 14.4 Å². The zero-order valence-electron chi connectivity index (χ0n) is 15.6. The molecule has 144 valence electrons. The molecule has 0 bridgehead atoms. The van der Waals surface area contributed by atoms with Crippen molar-refractivity contribution in [3.05, 3.63) is 35.9 Å². The van der Waals surface area contributed by atoms with Gasteiger partial charge < -0.3 is 25.4 Å². The molecule has 0 aliphatic heterocycles. The number of nitrogens with one attached hydrogen (secondary N) is 3. The van der Waals surface area contributed by atoms with E-state index in [0.29, 0.717) is 6.42 Å². The standard InChI is InChI=1S/C18H27N3O5/c1-12(2)10-15(20-17(23)19-13(3)16(22)25-4)21-18(24)26-11-14-8-6-5-7-9-14/h5-9,12-13,15H,10-11H2,1-4H3,(H,21,24)(H2,19,20,23)/t13-,15-/m0/s1. The number of carbonyl (C=O) groups excluding carboxylic acids is 3. The van der Waals surface area contributed by atoms with Crippen LogP contribution in [0.25, 0.3) is 0 Å². The number of hydrogen-bond donors (Lipinski definition) is 3. The molecule has 0 saturated carbocycles. The Morgan fingerprint density at radius 1 is 1.00 bits per heavy atom. The van der Waals surface area contributed by atoms with Crippen LogP contribution >= 0.6 is 0 Å². The molecule has 8 heteroatoms. The topological polar surface area (TPSA) is 106 Å². The van der Waals surface area contributed by atoms with E-state index >= 15 is 0 Å². The van der Waals surface area contributed by atoms with Crippen LogP contribution in [-0.4, -0.2) is 37.4 Å². The highest BCUT2D eigenvalue weighted by Gasteiger charge is 2.20. The van der Waals surface area contributed by atoms with Gasteiger partial charge >= 0.3 is 18.1 Å². The molecular weight excluding hydrogens is 338 g/mol. The number of rotatable bonds is 8. The van der Waals surface area contributed by atoms with E-state index in [-0.39, 0.29) is 12.5 Å². The van der Waals surface area contributed by atoms with Crippen LogP contribution in [0.3, 0.4) is 0 Å². The largest absolute Gasteiger partial charge is 0.467 e. The van der Waals surface area contributed by atoms with E-state index in [4.69, 9.17) is 4.74 Å². The molecule has 8 nitrogen and oxygen atoms in total. The lowest BCUT2D eigenvalue weighted by molar-refractivity contribution is -0.142. The molecule has 0 fully saturated rings. The van der Waals surface area contributed by atoms with Gasteiger partial charge in [0.05, 0.1) is 7.11 Å². The summed E-state index contributed by atoms with van der Waals surface area (Å²) in [5, 5.41) is 7.68. The Hall–Kier alpha value is -2.77. The average molecular weight is 365 g/mol. The average Bonchev–Trinajstić information content (AvgIpc) is 2.59. The molecule has 1 rings (SSSR count). The van der Waals surface area contributed by atoms with Crippen molar-refractivity contribution in [2.24, 2.45) is 5.92 Å². The number of benzene rings is 1. The van der Waals surface area contributed by atoms with E-state index in [1.165, 1.54) is 14.0 Å². The number of amides is 3. The second kappa shape index (κ2) is 11.0. The monoisotopic (exact) mass is 365 g/mol. The summed E-state index contributed by atoms with van der Waals surface area (Å²) in [6, 6.07) is 7.89. The quantitative estimate of drug-likeness (QED) is 0.483. The molecule has 0 unspecified atom stereocenters. The third kappa shape index (κ3) is 8.36. The number of urea groups is 1. The van der Waals surface area contributed by atoms with Crippen LogP contribution < -0.4 is 16.0 Å². The van der Waals surface area contributed by atoms with Crippen LogP contribution in [-0.2, 0) is 20.9 Å². The number of hydrogen-bond acceptors (Lipinski definition) is 5. The minimum absolute atomic E-state index is 0.132. The van der Waals surface area contributed by atoms with Crippen molar-refractivity contribution in [3.63, 3.8) is 0 Å². The summed E-state index contributed by atoms with van der Waals surface area (Å²) in [7, 11) is 1.24. The van der Waals surface area contributed by atoms with Crippen molar-refractivity contribution in [2.75, 3.05) is 7.11 Å². The summed E-state index contributed by atoms with van der Waals surface area (Å²) in [6.45, 7) is 5.55. The normalized spacial score (nSPS) is 12.7. The van der Waals surface area contributed by atoms with Crippen LogP contribution in [0.4, 0.5) is 9.59 Å². The Bertz CT molecular complexity index is 592. The highest BCUT2D eigenvalue weighted by molar-refractivity contribution is 5.83. The zero-order valence-corrected chi connectivity index (χ0v) is 15.6.